The first-order valence-electron chi connectivity index (χ1n) is 7.36. The van der Waals surface area contributed by atoms with Gasteiger partial charge in [-0.1, -0.05) is 29.8 Å². The fourth-order valence-electron chi connectivity index (χ4n) is 2.40. The number of halogens is 3. The van der Waals surface area contributed by atoms with Crippen molar-refractivity contribution in [3.63, 3.8) is 0 Å². The summed E-state index contributed by atoms with van der Waals surface area (Å²) in [5, 5.41) is 0.267. The summed E-state index contributed by atoms with van der Waals surface area (Å²) in [4.78, 5) is 16.7. The Balaban J connectivity index is 1.95. The summed E-state index contributed by atoms with van der Waals surface area (Å²) < 4.78 is 30.1. The number of benzene rings is 1. The molecule has 0 atom stereocenters. The van der Waals surface area contributed by atoms with Crippen LogP contribution >= 0.6 is 11.6 Å². The molecular formula is C18H13ClF2N2O2. The highest BCUT2D eigenvalue weighted by Gasteiger charge is 2.08. The molecule has 2 aromatic heterocycles. The van der Waals surface area contributed by atoms with E-state index >= 15 is 0 Å². The smallest absolute Gasteiger partial charge is 0.387 e. The molecule has 128 valence electrons. The number of hydrogen-bond donors (Lipinski definition) is 0. The Morgan fingerprint density at radius 3 is 2.64 bits per heavy atom. The molecule has 3 rings (SSSR count). The summed E-state index contributed by atoms with van der Waals surface area (Å²) in [7, 11) is 0. The summed E-state index contributed by atoms with van der Waals surface area (Å²) in [5.74, 6) is 0.0563. The molecule has 0 unspecified atom stereocenters. The van der Waals surface area contributed by atoms with Crippen molar-refractivity contribution in [2.45, 2.75) is 13.5 Å². The average Bonchev–Trinajstić information content (AvgIpc) is 2.56. The molecule has 0 spiro atoms. The number of ether oxygens (including phenoxy) is 1. The monoisotopic (exact) mass is 362 g/mol. The maximum atomic E-state index is 12.3. The third kappa shape index (κ3) is 3.85. The lowest BCUT2D eigenvalue weighted by molar-refractivity contribution is -0.0498. The molecular weight excluding hydrogens is 350 g/mol. The van der Waals surface area contributed by atoms with E-state index in [1.165, 1.54) is 22.6 Å². The number of nitrogens with zero attached hydrogens (tertiary/aromatic N) is 2. The Morgan fingerprint density at radius 1 is 1.24 bits per heavy atom. The van der Waals surface area contributed by atoms with Crippen molar-refractivity contribution in [1.29, 1.82) is 0 Å². The lowest BCUT2D eigenvalue weighted by Crippen LogP contribution is -2.16. The maximum Gasteiger partial charge on any atom is 0.387 e. The van der Waals surface area contributed by atoms with E-state index in [-0.39, 0.29) is 16.3 Å². The molecule has 0 aliphatic carbocycles. The number of aryl methyl sites for hydroxylation is 1. The fourth-order valence-corrected chi connectivity index (χ4v) is 2.63. The van der Waals surface area contributed by atoms with Crippen LogP contribution in [-0.2, 0) is 0 Å². The second kappa shape index (κ2) is 7.03. The van der Waals surface area contributed by atoms with Crippen molar-refractivity contribution >= 4 is 28.4 Å². The predicted octanol–water partition coefficient (Wildman–Crippen LogP) is 4.34. The van der Waals surface area contributed by atoms with E-state index in [2.05, 4.69) is 9.72 Å². The van der Waals surface area contributed by atoms with Gasteiger partial charge in [-0.3, -0.25) is 9.20 Å². The van der Waals surface area contributed by atoms with Crippen molar-refractivity contribution in [3.8, 4) is 5.75 Å². The van der Waals surface area contributed by atoms with Crippen LogP contribution in [0, 0.1) is 6.92 Å². The van der Waals surface area contributed by atoms with Crippen LogP contribution in [0.4, 0.5) is 8.78 Å². The van der Waals surface area contributed by atoms with Crippen LogP contribution < -0.4 is 10.3 Å². The molecule has 0 radical (unpaired) electrons. The quantitative estimate of drug-likeness (QED) is 0.693. The Kier molecular flexibility index (Phi) is 4.81. The fraction of sp³-hybridized carbons (Fsp3) is 0.111. The van der Waals surface area contributed by atoms with Crippen molar-refractivity contribution in [1.82, 2.24) is 9.38 Å². The minimum atomic E-state index is -2.87. The highest BCUT2D eigenvalue weighted by molar-refractivity contribution is 6.51. The topological polar surface area (TPSA) is 43.6 Å². The number of rotatable bonds is 4. The van der Waals surface area contributed by atoms with Crippen molar-refractivity contribution in [2.24, 2.45) is 0 Å². The first-order chi connectivity index (χ1) is 11.9. The van der Waals surface area contributed by atoms with E-state index in [0.29, 0.717) is 16.9 Å². The number of pyridine rings is 1. The Labute approximate surface area is 147 Å². The SMILES string of the molecule is Cc1cccc2nc(/C(Cl)=C/c3ccc(OC(F)F)cc3)cc(=O)n12. The zero-order valence-corrected chi connectivity index (χ0v) is 13.9. The van der Waals surface area contributed by atoms with Gasteiger partial charge in [0.2, 0.25) is 0 Å². The predicted molar refractivity (Wildman–Crippen MR) is 93.0 cm³/mol. The van der Waals surface area contributed by atoms with Crippen LogP contribution in [0.15, 0.2) is 53.3 Å². The van der Waals surface area contributed by atoms with Gasteiger partial charge in [0, 0.05) is 11.8 Å². The van der Waals surface area contributed by atoms with Crippen LogP contribution in [0.5, 0.6) is 5.75 Å². The molecule has 2 heterocycles. The van der Waals surface area contributed by atoms with Crippen molar-refractivity contribution in [3.05, 3.63) is 75.8 Å². The Hall–Kier alpha value is -2.73. The molecule has 3 aromatic rings. The highest BCUT2D eigenvalue weighted by atomic mass is 35.5. The Bertz CT molecular complexity index is 998. The lowest BCUT2D eigenvalue weighted by Gasteiger charge is -2.06. The van der Waals surface area contributed by atoms with Crippen LogP contribution in [0.3, 0.4) is 0 Å². The molecule has 0 aliphatic rings. The van der Waals surface area contributed by atoms with E-state index in [0.717, 1.165) is 5.69 Å². The van der Waals surface area contributed by atoms with Gasteiger partial charge in [0.25, 0.3) is 5.56 Å². The largest absolute Gasteiger partial charge is 0.435 e. The lowest BCUT2D eigenvalue weighted by atomic mass is 10.2. The minimum Gasteiger partial charge on any atom is -0.435 e. The molecule has 25 heavy (non-hydrogen) atoms. The number of aromatic nitrogens is 2. The van der Waals surface area contributed by atoms with E-state index in [9.17, 15) is 13.6 Å². The van der Waals surface area contributed by atoms with Gasteiger partial charge in [0.1, 0.15) is 11.4 Å². The molecule has 0 aliphatic heterocycles. The third-order valence-corrected chi connectivity index (χ3v) is 3.83. The molecule has 0 saturated heterocycles. The van der Waals surface area contributed by atoms with Gasteiger partial charge in [-0.25, -0.2) is 4.98 Å². The van der Waals surface area contributed by atoms with Crippen LogP contribution in [-0.4, -0.2) is 16.0 Å². The summed E-state index contributed by atoms with van der Waals surface area (Å²) in [6, 6.07) is 12.7. The second-order valence-electron chi connectivity index (χ2n) is 5.28. The summed E-state index contributed by atoms with van der Waals surface area (Å²) in [6.07, 6.45) is 1.60. The number of alkyl halides is 2. The molecule has 0 fully saturated rings. The summed E-state index contributed by atoms with van der Waals surface area (Å²) >= 11 is 6.28. The van der Waals surface area contributed by atoms with Crippen LogP contribution in [0.25, 0.3) is 16.8 Å². The van der Waals surface area contributed by atoms with Crippen LogP contribution in [0.1, 0.15) is 17.0 Å². The van der Waals surface area contributed by atoms with Gasteiger partial charge in [0.15, 0.2) is 0 Å². The van der Waals surface area contributed by atoms with Crippen molar-refractivity contribution in [2.75, 3.05) is 0 Å². The normalized spacial score (nSPS) is 12.0. The molecule has 0 N–H and O–H groups in total. The second-order valence-corrected chi connectivity index (χ2v) is 5.69. The summed E-state index contributed by atoms with van der Waals surface area (Å²) in [5.41, 5.74) is 2.04. The number of fused-ring (bicyclic) bond motifs is 1. The first-order valence-corrected chi connectivity index (χ1v) is 7.74. The van der Waals surface area contributed by atoms with E-state index in [4.69, 9.17) is 11.6 Å². The van der Waals surface area contributed by atoms with Gasteiger partial charge < -0.3 is 4.74 Å². The van der Waals surface area contributed by atoms with Crippen LogP contribution in [0.2, 0.25) is 0 Å². The van der Waals surface area contributed by atoms with Gasteiger partial charge in [0.05, 0.1) is 10.7 Å². The molecule has 0 saturated carbocycles. The zero-order chi connectivity index (χ0) is 18.0. The standard InChI is InChI=1S/C18H13ClF2N2O2/c1-11-3-2-4-16-22-15(10-17(24)23(11)16)14(19)9-12-5-7-13(8-6-12)25-18(20)21/h2-10,18H,1H3/b14-9-. The first kappa shape index (κ1) is 17.1. The van der Waals surface area contributed by atoms with Crippen molar-refractivity contribution < 1.29 is 13.5 Å². The maximum absolute atomic E-state index is 12.3. The average molecular weight is 363 g/mol. The Morgan fingerprint density at radius 2 is 1.96 bits per heavy atom. The van der Waals surface area contributed by atoms with E-state index in [1.807, 2.05) is 13.0 Å². The molecule has 7 heteroatoms. The summed E-state index contributed by atoms with van der Waals surface area (Å²) in [6.45, 7) is -1.06. The van der Waals surface area contributed by atoms with Gasteiger partial charge in [-0.05, 0) is 42.8 Å². The minimum absolute atomic E-state index is 0.0563. The van der Waals surface area contributed by atoms with Gasteiger partial charge in [-0.2, -0.15) is 8.78 Å². The van der Waals surface area contributed by atoms with Gasteiger partial charge in [-0.15, -0.1) is 0 Å². The van der Waals surface area contributed by atoms with E-state index in [1.54, 1.807) is 30.3 Å². The zero-order valence-electron chi connectivity index (χ0n) is 13.1. The third-order valence-electron chi connectivity index (χ3n) is 3.52. The van der Waals surface area contributed by atoms with Gasteiger partial charge >= 0.3 is 6.61 Å². The number of hydrogen-bond acceptors (Lipinski definition) is 3. The van der Waals surface area contributed by atoms with E-state index < -0.39 is 6.61 Å². The highest BCUT2D eigenvalue weighted by Crippen LogP contribution is 2.22. The molecule has 4 nitrogen and oxygen atoms in total. The molecule has 0 amide bonds. The molecule has 1 aromatic carbocycles. The molecule has 0 bridgehead atoms.